The molecule has 6 rings (SSSR count). The highest BCUT2D eigenvalue weighted by Crippen LogP contribution is 2.76. The lowest BCUT2D eigenvalue weighted by atomic mass is 9.33. The lowest BCUT2D eigenvalue weighted by Gasteiger charge is -2.71. The predicted molar refractivity (Wildman–Crippen MR) is 167 cm³/mol. The minimum atomic E-state index is -1.47. The Kier molecular flexibility index (Phi) is 8.05. The van der Waals surface area contributed by atoms with Crippen molar-refractivity contribution in [2.75, 3.05) is 6.61 Å². The Bertz CT molecular complexity index is 1210. The van der Waals surface area contributed by atoms with E-state index in [-0.39, 0.29) is 39.1 Å². The number of allylic oxidation sites excluding steroid dienone is 2. The minimum absolute atomic E-state index is 0.0210. The van der Waals surface area contributed by atoms with Crippen LogP contribution in [0, 0.1) is 50.2 Å². The predicted octanol–water partition coefficient (Wildman–Crippen LogP) is 4.03. The van der Waals surface area contributed by atoms with Crippen LogP contribution >= 0.6 is 0 Å². The van der Waals surface area contributed by atoms with Crippen molar-refractivity contribution in [2.45, 2.75) is 149 Å². The summed E-state index contributed by atoms with van der Waals surface area (Å²) in [4.78, 5) is 13.0. The van der Waals surface area contributed by atoms with E-state index in [4.69, 9.17) is 9.47 Å². The quantitative estimate of drug-likeness (QED) is 0.199. The normalized spacial score (nSPS) is 53.6. The van der Waals surface area contributed by atoms with Gasteiger partial charge in [-0.1, -0.05) is 60.1 Å². The smallest absolute Gasteiger partial charge is 0.312 e. The number of aliphatic hydroxyl groups excluding tert-OH is 5. The largest absolute Gasteiger partial charge is 0.481 e. The summed E-state index contributed by atoms with van der Waals surface area (Å²) in [7, 11) is 0. The second kappa shape index (κ2) is 10.7. The van der Waals surface area contributed by atoms with Crippen LogP contribution in [0.4, 0.5) is 0 Å². The fraction of sp³-hybridized carbons (Fsp3) is 0.917. The zero-order chi connectivity index (χ0) is 33.1. The standard InChI is InChI=1S/C36H58O9/c1-31(2)14-15-36(30(42)43)20(16-31)19-8-9-23-33(5)12-11-25(45-29-28(41)27(40)26(39)21(18-37)44-29)32(3,4)22(33)10-13-34(23,6)35(19,7)17-24(36)38/h8,20-29,37-41H,9-18H2,1-7H3,(H,42,43)/t20-,21-,22-,23-,24+,25+,26-,27+,28-,29+,33+,34+,35-,36-/m0/s1. The van der Waals surface area contributed by atoms with Crippen molar-refractivity contribution in [1.82, 2.24) is 0 Å². The van der Waals surface area contributed by atoms with E-state index in [9.17, 15) is 35.4 Å². The number of carbonyl (C=O) groups is 1. The molecule has 5 fully saturated rings. The SMILES string of the molecule is CC1(C)CC[C@@]2(C(=O)O)[C@H](O)C[C@@]3(C)C(=CC[C@H]4[C@]5(C)CC[C@@H](O[C@H]6O[C@@H](CO)[C@H](O)[C@@H](O)[C@@H]6O)C(C)(C)[C@@H]5CC[C@]43C)[C@@H]2C1. The summed E-state index contributed by atoms with van der Waals surface area (Å²) in [6.45, 7) is 15.6. The van der Waals surface area contributed by atoms with E-state index in [1.54, 1.807) is 0 Å². The molecular formula is C36H58O9. The molecular weight excluding hydrogens is 576 g/mol. The first-order chi connectivity index (χ1) is 20.8. The van der Waals surface area contributed by atoms with Crippen LogP contribution in [-0.4, -0.2) is 86.1 Å². The Labute approximate surface area is 268 Å². The number of fused-ring (bicyclic) bond motifs is 7. The van der Waals surface area contributed by atoms with E-state index in [1.165, 1.54) is 5.57 Å². The molecule has 1 saturated heterocycles. The molecule has 0 unspecified atom stereocenters. The first kappa shape index (κ1) is 33.8. The molecule has 6 N–H and O–H groups in total. The maximum atomic E-state index is 13.0. The third-order valence-electron chi connectivity index (χ3n) is 15.2. The average molecular weight is 635 g/mol. The van der Waals surface area contributed by atoms with Crippen LogP contribution in [0.2, 0.25) is 0 Å². The van der Waals surface area contributed by atoms with Crippen molar-refractivity contribution in [2.24, 2.45) is 50.2 Å². The number of hydrogen-bond acceptors (Lipinski definition) is 8. The lowest BCUT2D eigenvalue weighted by molar-refractivity contribution is -0.330. The molecule has 9 nitrogen and oxygen atoms in total. The maximum Gasteiger partial charge on any atom is 0.312 e. The van der Waals surface area contributed by atoms with Crippen LogP contribution in [0.25, 0.3) is 0 Å². The third-order valence-corrected chi connectivity index (χ3v) is 15.2. The minimum Gasteiger partial charge on any atom is -0.481 e. The Balaban J connectivity index is 1.31. The summed E-state index contributed by atoms with van der Waals surface area (Å²) in [5, 5.41) is 63.5. The molecule has 6 aliphatic rings. The Morgan fingerprint density at radius 1 is 0.889 bits per heavy atom. The van der Waals surface area contributed by atoms with Gasteiger partial charge in [-0.2, -0.15) is 0 Å². The first-order valence-corrected chi connectivity index (χ1v) is 17.4. The lowest BCUT2D eigenvalue weighted by Crippen LogP contribution is -2.68. The molecule has 0 spiro atoms. The van der Waals surface area contributed by atoms with Crippen LogP contribution in [0.5, 0.6) is 0 Å². The molecule has 0 radical (unpaired) electrons. The van der Waals surface area contributed by atoms with Gasteiger partial charge in [-0.3, -0.25) is 4.79 Å². The van der Waals surface area contributed by atoms with Crippen LogP contribution in [0.3, 0.4) is 0 Å². The molecule has 1 aliphatic heterocycles. The highest BCUT2D eigenvalue weighted by atomic mass is 16.7. The number of aliphatic carboxylic acids is 1. The molecule has 1 heterocycles. The first-order valence-electron chi connectivity index (χ1n) is 17.4. The van der Waals surface area contributed by atoms with Crippen LogP contribution in [-0.2, 0) is 14.3 Å². The highest BCUT2D eigenvalue weighted by molar-refractivity contribution is 5.77. The summed E-state index contributed by atoms with van der Waals surface area (Å²) in [5.74, 6) is -0.382. The van der Waals surface area contributed by atoms with E-state index in [0.29, 0.717) is 24.7 Å². The maximum absolute atomic E-state index is 13.0. The average Bonchev–Trinajstić information content (AvgIpc) is 2.94. The van der Waals surface area contributed by atoms with Gasteiger partial charge < -0.3 is 40.1 Å². The number of carboxylic acid groups (broad SMARTS) is 1. The summed E-state index contributed by atoms with van der Waals surface area (Å²) in [5.41, 5.74) is -0.571. The van der Waals surface area contributed by atoms with Crippen molar-refractivity contribution >= 4 is 5.97 Å². The van der Waals surface area contributed by atoms with Crippen molar-refractivity contribution in [1.29, 1.82) is 0 Å². The van der Waals surface area contributed by atoms with Crippen LogP contribution in [0.15, 0.2) is 11.6 Å². The number of aliphatic hydroxyl groups is 5. The zero-order valence-corrected chi connectivity index (χ0v) is 28.3. The van der Waals surface area contributed by atoms with Gasteiger partial charge in [0.05, 0.1) is 18.8 Å². The van der Waals surface area contributed by atoms with Crippen molar-refractivity contribution in [3.63, 3.8) is 0 Å². The number of hydrogen-bond donors (Lipinski definition) is 6. The zero-order valence-electron chi connectivity index (χ0n) is 28.3. The van der Waals surface area contributed by atoms with Gasteiger partial charge >= 0.3 is 5.97 Å². The van der Waals surface area contributed by atoms with E-state index in [1.807, 2.05) is 0 Å². The Hall–Kier alpha value is -1.07. The molecule has 14 atom stereocenters. The molecule has 0 aromatic carbocycles. The van der Waals surface area contributed by atoms with E-state index in [0.717, 1.165) is 44.9 Å². The van der Waals surface area contributed by atoms with Gasteiger partial charge in [-0.25, -0.2) is 0 Å². The number of rotatable bonds is 4. The van der Waals surface area contributed by atoms with Crippen molar-refractivity contribution in [3.8, 4) is 0 Å². The Morgan fingerprint density at radius 3 is 2.22 bits per heavy atom. The summed E-state index contributed by atoms with van der Waals surface area (Å²) in [6, 6.07) is 0. The molecule has 9 heteroatoms. The monoisotopic (exact) mass is 634 g/mol. The number of ether oxygens (including phenoxy) is 2. The summed E-state index contributed by atoms with van der Waals surface area (Å²) >= 11 is 0. The topological polar surface area (TPSA) is 157 Å². The Morgan fingerprint density at radius 2 is 1.58 bits per heavy atom. The fourth-order valence-corrected chi connectivity index (χ4v) is 12.3. The van der Waals surface area contributed by atoms with Crippen molar-refractivity contribution < 1.29 is 44.9 Å². The van der Waals surface area contributed by atoms with Crippen LogP contribution < -0.4 is 0 Å². The molecule has 4 saturated carbocycles. The summed E-state index contributed by atoms with van der Waals surface area (Å²) in [6.07, 6.45) is 1.79. The molecule has 5 aliphatic carbocycles. The second-order valence-electron chi connectivity index (χ2n) is 18.0. The van der Waals surface area contributed by atoms with E-state index in [2.05, 4.69) is 54.5 Å². The van der Waals surface area contributed by atoms with Gasteiger partial charge in [-0.05, 0) is 103 Å². The van der Waals surface area contributed by atoms with Gasteiger partial charge in [-0.15, -0.1) is 0 Å². The molecule has 256 valence electrons. The molecule has 0 aromatic heterocycles. The fourth-order valence-electron chi connectivity index (χ4n) is 12.3. The second-order valence-corrected chi connectivity index (χ2v) is 18.0. The van der Waals surface area contributed by atoms with Crippen LogP contribution in [0.1, 0.15) is 106 Å². The molecule has 0 aromatic rings. The van der Waals surface area contributed by atoms with Gasteiger partial charge in [0.1, 0.15) is 29.8 Å². The third kappa shape index (κ3) is 4.54. The van der Waals surface area contributed by atoms with Crippen molar-refractivity contribution in [3.05, 3.63) is 11.6 Å². The van der Waals surface area contributed by atoms with Gasteiger partial charge in [0.2, 0.25) is 0 Å². The molecule has 45 heavy (non-hydrogen) atoms. The van der Waals surface area contributed by atoms with E-state index < -0.39 is 54.8 Å². The molecule has 0 amide bonds. The van der Waals surface area contributed by atoms with Gasteiger partial charge in [0.15, 0.2) is 6.29 Å². The highest BCUT2D eigenvalue weighted by Gasteiger charge is 2.71. The van der Waals surface area contributed by atoms with Gasteiger partial charge in [0.25, 0.3) is 0 Å². The number of carboxylic acids is 1. The summed E-state index contributed by atoms with van der Waals surface area (Å²) < 4.78 is 12.2. The van der Waals surface area contributed by atoms with E-state index >= 15 is 0 Å². The molecule has 0 bridgehead atoms. The van der Waals surface area contributed by atoms with Gasteiger partial charge in [0, 0.05) is 0 Å².